The molecule has 4 rings (SSSR count). The number of ether oxygens (including phenoxy) is 3. The highest BCUT2D eigenvalue weighted by atomic mass is 16.7. The Labute approximate surface area is 396 Å². The average Bonchev–Trinajstić information content (AvgIpc) is 3.28. The van der Waals surface area contributed by atoms with Gasteiger partial charge in [0.05, 0.1) is 18.3 Å². The van der Waals surface area contributed by atoms with Crippen molar-refractivity contribution in [3.63, 3.8) is 0 Å². The van der Waals surface area contributed by atoms with Crippen LogP contribution in [0, 0.1) is 17.8 Å². The van der Waals surface area contributed by atoms with E-state index >= 15 is 0 Å². The maximum atomic E-state index is 14.0. The van der Waals surface area contributed by atoms with Gasteiger partial charge in [-0.15, -0.1) is 0 Å². The highest BCUT2D eigenvalue weighted by molar-refractivity contribution is 5.80. The van der Waals surface area contributed by atoms with Crippen molar-refractivity contribution in [2.24, 2.45) is 17.8 Å². The second-order valence-electron chi connectivity index (χ2n) is 21.4. The molecule has 3 N–H and O–H groups in total. The van der Waals surface area contributed by atoms with Gasteiger partial charge in [-0.1, -0.05) is 62.3 Å². The summed E-state index contributed by atoms with van der Waals surface area (Å²) in [6.07, 6.45) is 0.289. The first kappa shape index (κ1) is 55.9. The number of aliphatic hydroxyl groups is 3. The van der Waals surface area contributed by atoms with Crippen molar-refractivity contribution in [3.8, 4) is 17.2 Å². The SMILES string of the molecule is CCC1(C)CC(O)C(C)C(C)(CC)N1OC(C)C(=O)Oc1cc(OC(=O)C(C)ON2C(C)(CC)CC(O)C(C)C2(C)CC)cc(OC(=O)C(C)ON2C(C)(CC)CC(O)C(C)C2(C)CC)c1. The van der Waals surface area contributed by atoms with Gasteiger partial charge in [0.2, 0.25) is 0 Å². The highest BCUT2D eigenvalue weighted by Crippen LogP contribution is 2.49. The van der Waals surface area contributed by atoms with Crippen LogP contribution in [-0.4, -0.2) is 118 Å². The Morgan fingerprint density at radius 1 is 0.485 bits per heavy atom. The third-order valence-electron chi connectivity index (χ3n) is 17.2. The number of piperidine rings is 3. The maximum absolute atomic E-state index is 14.0. The van der Waals surface area contributed by atoms with E-state index < -0.39 is 87.8 Å². The number of hydrogen-bond acceptors (Lipinski definition) is 15. The first-order valence-corrected chi connectivity index (χ1v) is 24.8. The molecule has 1 aromatic rings. The van der Waals surface area contributed by atoms with Crippen LogP contribution in [0.25, 0.3) is 0 Å². The number of benzene rings is 1. The van der Waals surface area contributed by atoms with Crippen molar-refractivity contribution >= 4 is 17.9 Å². The van der Waals surface area contributed by atoms with Crippen LogP contribution in [-0.2, 0) is 28.9 Å². The molecule has 3 aliphatic rings. The number of nitrogens with zero attached hydrogens (tertiary/aromatic N) is 3. The molecule has 3 aliphatic heterocycles. The predicted octanol–water partition coefficient (Wildman–Crippen LogP) is 8.48. The Balaban J connectivity index is 1.67. The summed E-state index contributed by atoms with van der Waals surface area (Å²) in [6.45, 7) is 35.0. The average molecular weight is 934 g/mol. The van der Waals surface area contributed by atoms with E-state index in [-0.39, 0.29) is 35.0 Å². The first-order chi connectivity index (χ1) is 30.5. The fraction of sp³-hybridized carbons (Fsp3) is 0.824. The molecule has 0 radical (unpaired) electrons. The van der Waals surface area contributed by atoms with E-state index in [2.05, 4.69) is 0 Å². The van der Waals surface area contributed by atoms with Crippen LogP contribution in [0.1, 0.15) is 182 Å². The molecule has 15 atom stereocenters. The molecule has 3 heterocycles. The number of hydroxylamine groups is 6. The number of carbonyl (C=O) groups is 3. The van der Waals surface area contributed by atoms with Crippen LogP contribution < -0.4 is 14.2 Å². The Hall–Kier alpha value is -2.73. The smallest absolute Gasteiger partial charge is 0.342 e. The van der Waals surface area contributed by atoms with Gasteiger partial charge < -0.3 is 29.5 Å². The summed E-state index contributed by atoms with van der Waals surface area (Å²) in [5.41, 5.74) is -3.55. The summed E-state index contributed by atoms with van der Waals surface area (Å²) in [6, 6.07) is 4.09. The summed E-state index contributed by atoms with van der Waals surface area (Å²) >= 11 is 0. The molecule has 0 saturated carbocycles. The first-order valence-electron chi connectivity index (χ1n) is 24.8. The Kier molecular flexibility index (Phi) is 17.9. The molecule has 0 aliphatic carbocycles. The summed E-state index contributed by atoms with van der Waals surface area (Å²) in [4.78, 5) is 61.4. The largest absolute Gasteiger partial charge is 0.424 e. The monoisotopic (exact) mass is 934 g/mol. The molecule has 15 nitrogen and oxygen atoms in total. The van der Waals surface area contributed by atoms with Crippen molar-refractivity contribution in [1.29, 1.82) is 0 Å². The molecular formula is C51H87N3O12. The number of hydrogen-bond donors (Lipinski definition) is 3. The van der Waals surface area contributed by atoms with E-state index in [0.717, 1.165) is 0 Å². The maximum Gasteiger partial charge on any atom is 0.342 e. The van der Waals surface area contributed by atoms with Gasteiger partial charge in [0.25, 0.3) is 0 Å². The van der Waals surface area contributed by atoms with E-state index in [1.54, 1.807) is 20.8 Å². The van der Waals surface area contributed by atoms with Crippen LogP contribution in [0.5, 0.6) is 17.2 Å². The molecule has 0 spiro atoms. The van der Waals surface area contributed by atoms with Crippen molar-refractivity contribution in [3.05, 3.63) is 18.2 Å². The van der Waals surface area contributed by atoms with Gasteiger partial charge in [-0.3, -0.25) is 14.5 Å². The van der Waals surface area contributed by atoms with Crippen LogP contribution >= 0.6 is 0 Å². The van der Waals surface area contributed by atoms with E-state index in [9.17, 15) is 29.7 Å². The minimum atomic E-state index is -1.11. The summed E-state index contributed by atoms with van der Waals surface area (Å²) in [7, 11) is 0. The zero-order chi connectivity index (χ0) is 50.1. The van der Waals surface area contributed by atoms with E-state index in [4.69, 9.17) is 28.7 Å². The minimum absolute atomic E-state index is 0.0726. The second kappa shape index (κ2) is 21.1. The van der Waals surface area contributed by atoms with Crippen LogP contribution in [0.15, 0.2) is 18.2 Å². The lowest BCUT2D eigenvalue weighted by molar-refractivity contribution is -0.330. The fourth-order valence-corrected chi connectivity index (χ4v) is 10.7. The quantitative estimate of drug-likeness (QED) is 0.0943. The number of carbonyl (C=O) groups excluding carboxylic acids is 3. The number of esters is 3. The zero-order valence-corrected chi connectivity index (χ0v) is 43.6. The third-order valence-corrected chi connectivity index (χ3v) is 17.2. The highest BCUT2D eigenvalue weighted by Gasteiger charge is 2.57. The Bertz CT molecular complexity index is 1640. The van der Waals surface area contributed by atoms with Gasteiger partial charge in [0.1, 0.15) is 17.2 Å². The van der Waals surface area contributed by atoms with E-state index in [0.29, 0.717) is 57.8 Å². The van der Waals surface area contributed by atoms with Crippen molar-refractivity contribution in [2.75, 3.05) is 0 Å². The molecule has 15 unspecified atom stereocenters. The molecule has 3 fully saturated rings. The Morgan fingerprint density at radius 2 is 0.697 bits per heavy atom. The molecule has 3 saturated heterocycles. The van der Waals surface area contributed by atoms with Gasteiger partial charge in [-0.05, 0) is 120 Å². The molecule has 0 amide bonds. The van der Waals surface area contributed by atoms with Gasteiger partial charge in [-0.25, -0.2) is 14.4 Å². The van der Waals surface area contributed by atoms with Crippen LogP contribution in [0.3, 0.4) is 0 Å². The normalized spacial score (nSPS) is 38.3. The third kappa shape index (κ3) is 10.7. The molecule has 15 heteroatoms. The second-order valence-corrected chi connectivity index (χ2v) is 21.4. The molecule has 0 aromatic heterocycles. The molecule has 378 valence electrons. The molecule has 1 aromatic carbocycles. The fourth-order valence-electron chi connectivity index (χ4n) is 10.7. The Morgan fingerprint density at radius 3 is 0.879 bits per heavy atom. The van der Waals surface area contributed by atoms with Gasteiger partial charge in [0.15, 0.2) is 18.3 Å². The van der Waals surface area contributed by atoms with Crippen LogP contribution in [0.2, 0.25) is 0 Å². The molecular weight excluding hydrogens is 847 g/mol. The van der Waals surface area contributed by atoms with Gasteiger partial charge in [0, 0.05) is 69.2 Å². The topological polar surface area (TPSA) is 177 Å². The standard InChI is InChI=1S/C51H87N3O12/c1-19-46(13)28-40(55)31(7)49(16,22-4)52(46)64-34(10)43(58)61-37-25-38(62-44(59)35(11)65-53-47(14,20-2)29-41(56)32(8)50(53,17)23-5)27-39(26-37)63-45(60)36(12)66-54-48(15,21-3)30-42(57)33(9)51(54,18)24-6/h25-27,31-36,40-42,55-57H,19-24,28-30H2,1-18H3. The van der Waals surface area contributed by atoms with Gasteiger partial charge in [-0.2, -0.15) is 15.2 Å². The molecule has 66 heavy (non-hydrogen) atoms. The summed E-state index contributed by atoms with van der Waals surface area (Å²) < 4.78 is 17.8. The number of rotatable bonds is 18. The lowest BCUT2D eigenvalue weighted by atomic mass is 9.69. The van der Waals surface area contributed by atoms with Crippen LogP contribution in [0.4, 0.5) is 0 Å². The minimum Gasteiger partial charge on any atom is -0.424 e. The van der Waals surface area contributed by atoms with Crippen molar-refractivity contribution < 1.29 is 58.4 Å². The predicted molar refractivity (Wildman–Crippen MR) is 252 cm³/mol. The van der Waals surface area contributed by atoms with E-state index in [1.165, 1.54) is 18.2 Å². The lowest BCUT2D eigenvalue weighted by Crippen LogP contribution is -2.68. The number of aliphatic hydroxyl groups excluding tert-OH is 3. The molecule has 0 bridgehead atoms. The van der Waals surface area contributed by atoms with E-state index in [1.807, 2.05) is 119 Å². The lowest BCUT2D eigenvalue weighted by Gasteiger charge is -2.58. The summed E-state index contributed by atoms with van der Waals surface area (Å²) in [5.74, 6) is -2.93. The van der Waals surface area contributed by atoms with Gasteiger partial charge >= 0.3 is 17.9 Å². The zero-order valence-electron chi connectivity index (χ0n) is 43.6. The van der Waals surface area contributed by atoms with Crippen molar-refractivity contribution in [1.82, 2.24) is 15.2 Å². The summed E-state index contributed by atoms with van der Waals surface area (Å²) in [5, 5.41) is 38.8. The van der Waals surface area contributed by atoms with Crippen molar-refractivity contribution in [2.45, 2.75) is 252 Å².